The maximum Gasteiger partial charge on any atom is 0.0205 e. The molecule has 0 aromatic carbocycles. The smallest absolute Gasteiger partial charge is 0.0205 e. The molecule has 0 aromatic rings. The minimum Gasteiger partial charge on any atom is -0.327 e. The van der Waals surface area contributed by atoms with E-state index >= 15 is 0 Å². The molecule has 1 fully saturated rings. The van der Waals surface area contributed by atoms with Gasteiger partial charge in [0.15, 0.2) is 0 Å². The largest absolute Gasteiger partial charge is 0.327 e. The molecule has 1 aliphatic rings. The van der Waals surface area contributed by atoms with Gasteiger partial charge in [0.25, 0.3) is 0 Å². The SMILES string of the molecule is C=C(CN)CN(CC)C1CCCC1. The van der Waals surface area contributed by atoms with Crippen molar-refractivity contribution in [3.05, 3.63) is 12.2 Å². The van der Waals surface area contributed by atoms with E-state index in [1.807, 2.05) is 0 Å². The second kappa shape index (κ2) is 5.40. The molecule has 1 aliphatic carbocycles. The second-order valence-corrected chi connectivity index (χ2v) is 3.96. The van der Waals surface area contributed by atoms with E-state index in [9.17, 15) is 0 Å². The highest BCUT2D eigenvalue weighted by molar-refractivity contribution is 4.99. The van der Waals surface area contributed by atoms with Crippen LogP contribution in [0.5, 0.6) is 0 Å². The second-order valence-electron chi connectivity index (χ2n) is 3.96. The molecule has 0 unspecified atom stereocenters. The van der Waals surface area contributed by atoms with Gasteiger partial charge in [-0.1, -0.05) is 26.3 Å². The van der Waals surface area contributed by atoms with Crippen LogP contribution in [0.3, 0.4) is 0 Å². The average Bonchev–Trinajstić information content (AvgIpc) is 2.66. The molecule has 1 rings (SSSR count). The third kappa shape index (κ3) is 3.12. The Morgan fingerprint density at radius 2 is 2.08 bits per heavy atom. The fourth-order valence-corrected chi connectivity index (χ4v) is 2.12. The number of likely N-dealkylation sites (N-methyl/N-ethyl adjacent to an activating group) is 1. The van der Waals surface area contributed by atoms with Gasteiger partial charge in [-0.15, -0.1) is 0 Å². The van der Waals surface area contributed by atoms with Crippen LogP contribution in [0, 0.1) is 0 Å². The van der Waals surface area contributed by atoms with Gasteiger partial charge in [-0.3, -0.25) is 4.90 Å². The molecule has 1 saturated carbocycles. The van der Waals surface area contributed by atoms with Gasteiger partial charge < -0.3 is 5.73 Å². The minimum atomic E-state index is 0.628. The Labute approximate surface area is 81.8 Å². The molecule has 0 atom stereocenters. The summed E-state index contributed by atoms with van der Waals surface area (Å²) in [5, 5.41) is 0. The third-order valence-corrected chi connectivity index (χ3v) is 2.96. The lowest BCUT2D eigenvalue weighted by Gasteiger charge is -2.27. The predicted octanol–water partition coefficient (Wildman–Crippen LogP) is 1.77. The zero-order chi connectivity index (χ0) is 9.68. The fourth-order valence-electron chi connectivity index (χ4n) is 2.12. The van der Waals surface area contributed by atoms with Crippen molar-refractivity contribution in [3.63, 3.8) is 0 Å². The molecule has 0 bridgehead atoms. The summed E-state index contributed by atoms with van der Waals surface area (Å²) in [6.07, 6.45) is 5.53. The van der Waals surface area contributed by atoms with Crippen LogP contribution in [0.4, 0.5) is 0 Å². The lowest BCUT2D eigenvalue weighted by atomic mass is 10.2. The highest BCUT2D eigenvalue weighted by atomic mass is 15.1. The summed E-state index contributed by atoms with van der Waals surface area (Å²) >= 11 is 0. The maximum absolute atomic E-state index is 5.55. The van der Waals surface area contributed by atoms with Crippen molar-refractivity contribution < 1.29 is 0 Å². The lowest BCUT2D eigenvalue weighted by molar-refractivity contribution is 0.226. The Hall–Kier alpha value is -0.340. The first-order valence-electron chi connectivity index (χ1n) is 5.38. The molecule has 0 spiro atoms. The van der Waals surface area contributed by atoms with Gasteiger partial charge in [0, 0.05) is 19.1 Å². The topological polar surface area (TPSA) is 29.3 Å². The number of nitrogens with zero attached hydrogens (tertiary/aromatic N) is 1. The summed E-state index contributed by atoms with van der Waals surface area (Å²) in [5.41, 5.74) is 6.71. The van der Waals surface area contributed by atoms with E-state index in [0.29, 0.717) is 6.54 Å². The molecule has 0 amide bonds. The van der Waals surface area contributed by atoms with Crippen LogP contribution in [-0.4, -0.2) is 30.6 Å². The molecule has 0 saturated heterocycles. The summed E-state index contributed by atoms with van der Waals surface area (Å²) in [6.45, 7) is 8.94. The van der Waals surface area contributed by atoms with Crippen molar-refractivity contribution in [3.8, 4) is 0 Å². The van der Waals surface area contributed by atoms with E-state index in [-0.39, 0.29) is 0 Å². The Balaban J connectivity index is 2.37. The third-order valence-electron chi connectivity index (χ3n) is 2.96. The number of hydrogen-bond donors (Lipinski definition) is 1. The fraction of sp³-hybridized carbons (Fsp3) is 0.818. The predicted molar refractivity (Wildman–Crippen MR) is 57.7 cm³/mol. The van der Waals surface area contributed by atoms with Crippen LogP contribution < -0.4 is 5.73 Å². The van der Waals surface area contributed by atoms with Crippen LogP contribution >= 0.6 is 0 Å². The van der Waals surface area contributed by atoms with Crippen molar-refractivity contribution >= 4 is 0 Å². The zero-order valence-electron chi connectivity index (χ0n) is 8.76. The number of rotatable bonds is 5. The van der Waals surface area contributed by atoms with Gasteiger partial charge >= 0.3 is 0 Å². The highest BCUT2D eigenvalue weighted by Crippen LogP contribution is 2.23. The first-order valence-corrected chi connectivity index (χ1v) is 5.38. The van der Waals surface area contributed by atoms with E-state index < -0.39 is 0 Å². The first-order chi connectivity index (χ1) is 6.27. The van der Waals surface area contributed by atoms with Crippen LogP contribution in [0.15, 0.2) is 12.2 Å². The van der Waals surface area contributed by atoms with E-state index in [2.05, 4.69) is 18.4 Å². The summed E-state index contributed by atoms with van der Waals surface area (Å²) in [6, 6.07) is 0.799. The summed E-state index contributed by atoms with van der Waals surface area (Å²) in [7, 11) is 0. The van der Waals surface area contributed by atoms with E-state index in [1.54, 1.807) is 0 Å². The Bertz CT molecular complexity index is 159. The van der Waals surface area contributed by atoms with Crippen molar-refractivity contribution in [1.29, 1.82) is 0 Å². The molecule has 2 heteroatoms. The number of nitrogens with two attached hydrogens (primary N) is 1. The molecule has 0 aliphatic heterocycles. The van der Waals surface area contributed by atoms with Gasteiger partial charge in [0.1, 0.15) is 0 Å². The van der Waals surface area contributed by atoms with Crippen LogP contribution in [0.1, 0.15) is 32.6 Å². The maximum atomic E-state index is 5.55. The van der Waals surface area contributed by atoms with Crippen molar-refractivity contribution in [2.24, 2.45) is 5.73 Å². The highest BCUT2D eigenvalue weighted by Gasteiger charge is 2.20. The van der Waals surface area contributed by atoms with E-state index in [1.165, 1.54) is 25.7 Å². The Morgan fingerprint density at radius 1 is 1.46 bits per heavy atom. The van der Waals surface area contributed by atoms with Gasteiger partial charge in [0.2, 0.25) is 0 Å². The van der Waals surface area contributed by atoms with Crippen LogP contribution in [0.2, 0.25) is 0 Å². The first kappa shape index (κ1) is 10.7. The summed E-state index contributed by atoms with van der Waals surface area (Å²) in [4.78, 5) is 2.52. The molecule has 0 heterocycles. The minimum absolute atomic E-state index is 0.628. The van der Waals surface area contributed by atoms with Gasteiger partial charge in [0.05, 0.1) is 0 Å². The standard InChI is InChI=1S/C11H22N2/c1-3-13(9-10(2)8-12)11-6-4-5-7-11/h11H,2-9,12H2,1H3. The van der Waals surface area contributed by atoms with E-state index in [0.717, 1.165) is 24.7 Å². The molecule has 76 valence electrons. The summed E-state index contributed by atoms with van der Waals surface area (Å²) in [5.74, 6) is 0. The van der Waals surface area contributed by atoms with E-state index in [4.69, 9.17) is 5.73 Å². The van der Waals surface area contributed by atoms with Crippen molar-refractivity contribution in [1.82, 2.24) is 4.90 Å². The van der Waals surface area contributed by atoms with Crippen LogP contribution in [0.25, 0.3) is 0 Å². The summed E-state index contributed by atoms with van der Waals surface area (Å²) < 4.78 is 0. The molecule has 13 heavy (non-hydrogen) atoms. The van der Waals surface area contributed by atoms with Crippen LogP contribution in [-0.2, 0) is 0 Å². The number of hydrogen-bond acceptors (Lipinski definition) is 2. The zero-order valence-corrected chi connectivity index (χ0v) is 8.76. The van der Waals surface area contributed by atoms with Crippen molar-refractivity contribution in [2.75, 3.05) is 19.6 Å². The lowest BCUT2D eigenvalue weighted by Crippen LogP contribution is -2.35. The monoisotopic (exact) mass is 182 g/mol. The normalized spacial score (nSPS) is 18.4. The molecular weight excluding hydrogens is 160 g/mol. The van der Waals surface area contributed by atoms with Gasteiger partial charge in [-0.2, -0.15) is 0 Å². The Kier molecular flexibility index (Phi) is 4.46. The molecule has 2 N–H and O–H groups in total. The average molecular weight is 182 g/mol. The van der Waals surface area contributed by atoms with Gasteiger partial charge in [-0.25, -0.2) is 0 Å². The molecule has 0 aromatic heterocycles. The molecule has 2 nitrogen and oxygen atoms in total. The Morgan fingerprint density at radius 3 is 2.54 bits per heavy atom. The van der Waals surface area contributed by atoms with Gasteiger partial charge in [-0.05, 0) is 25.0 Å². The molecule has 0 radical (unpaired) electrons. The molecular formula is C11H22N2. The quantitative estimate of drug-likeness (QED) is 0.657. The van der Waals surface area contributed by atoms with Crippen molar-refractivity contribution in [2.45, 2.75) is 38.6 Å².